The molecule has 0 saturated carbocycles. The van der Waals surface area contributed by atoms with Gasteiger partial charge in [0.2, 0.25) is 11.8 Å². The van der Waals surface area contributed by atoms with Crippen molar-refractivity contribution in [2.45, 2.75) is 38.5 Å². The zero-order valence-corrected chi connectivity index (χ0v) is 14.8. The lowest BCUT2D eigenvalue weighted by atomic mass is 9.94. The van der Waals surface area contributed by atoms with Crippen LogP contribution in [0.2, 0.25) is 5.02 Å². The number of carbonyl (C=O) groups excluding carboxylic acids is 2. The third-order valence-electron chi connectivity index (χ3n) is 5.16. The molecule has 0 radical (unpaired) electrons. The van der Waals surface area contributed by atoms with Crippen molar-refractivity contribution in [2.75, 3.05) is 26.2 Å². The maximum Gasteiger partial charge on any atom is 0.227 e. The Morgan fingerprint density at radius 1 is 0.958 bits per heavy atom. The molecule has 2 fully saturated rings. The minimum absolute atomic E-state index is 0.0902. The summed E-state index contributed by atoms with van der Waals surface area (Å²) in [5.41, 5.74) is 0.871. The molecule has 0 unspecified atom stereocenters. The Hall–Kier alpha value is -1.55. The number of piperidine rings is 2. The Balaban J connectivity index is 1.50. The highest BCUT2D eigenvalue weighted by Crippen LogP contribution is 2.23. The smallest absolute Gasteiger partial charge is 0.227 e. The van der Waals surface area contributed by atoms with E-state index in [4.69, 9.17) is 11.6 Å². The molecule has 5 heteroatoms. The first-order chi connectivity index (χ1) is 11.6. The quantitative estimate of drug-likeness (QED) is 0.842. The molecule has 0 spiro atoms. The Labute approximate surface area is 148 Å². The van der Waals surface area contributed by atoms with Gasteiger partial charge < -0.3 is 9.80 Å². The summed E-state index contributed by atoms with van der Waals surface area (Å²) in [5, 5.41) is 0.640. The molecule has 4 nitrogen and oxygen atoms in total. The largest absolute Gasteiger partial charge is 0.342 e. The number of nitrogens with zero attached hydrogens (tertiary/aromatic N) is 2. The van der Waals surface area contributed by atoms with Crippen LogP contribution < -0.4 is 0 Å². The molecule has 0 aromatic heterocycles. The average molecular weight is 349 g/mol. The highest BCUT2D eigenvalue weighted by Gasteiger charge is 2.30. The molecule has 130 valence electrons. The second-order valence-corrected chi connectivity index (χ2v) is 7.22. The second-order valence-electron chi connectivity index (χ2n) is 6.81. The Morgan fingerprint density at radius 3 is 2.29 bits per heavy atom. The van der Waals surface area contributed by atoms with Gasteiger partial charge in [-0.1, -0.05) is 29.8 Å². The van der Waals surface area contributed by atoms with Crippen LogP contribution in [0.25, 0.3) is 0 Å². The summed E-state index contributed by atoms with van der Waals surface area (Å²) >= 11 is 6.14. The number of halogens is 1. The molecule has 0 atom stereocenters. The Morgan fingerprint density at radius 2 is 1.62 bits per heavy atom. The van der Waals surface area contributed by atoms with E-state index in [2.05, 4.69) is 0 Å². The minimum atomic E-state index is 0.0902. The van der Waals surface area contributed by atoms with Gasteiger partial charge in [-0.2, -0.15) is 0 Å². The van der Waals surface area contributed by atoms with Crippen molar-refractivity contribution in [1.82, 2.24) is 9.80 Å². The first-order valence-electron chi connectivity index (χ1n) is 8.95. The summed E-state index contributed by atoms with van der Waals surface area (Å²) in [4.78, 5) is 28.9. The van der Waals surface area contributed by atoms with Crippen LogP contribution in [-0.4, -0.2) is 47.8 Å². The first kappa shape index (κ1) is 17.3. The summed E-state index contributed by atoms with van der Waals surface area (Å²) in [5.74, 6) is 0.493. The van der Waals surface area contributed by atoms with E-state index >= 15 is 0 Å². The van der Waals surface area contributed by atoms with Crippen molar-refractivity contribution < 1.29 is 9.59 Å². The molecule has 2 amide bonds. The van der Waals surface area contributed by atoms with Crippen LogP contribution in [0.15, 0.2) is 24.3 Å². The van der Waals surface area contributed by atoms with Gasteiger partial charge in [0.05, 0.1) is 6.42 Å². The van der Waals surface area contributed by atoms with Crippen LogP contribution in [0.3, 0.4) is 0 Å². The molecular weight excluding hydrogens is 324 g/mol. The van der Waals surface area contributed by atoms with Gasteiger partial charge in [0.25, 0.3) is 0 Å². The Kier molecular flexibility index (Phi) is 5.77. The van der Waals surface area contributed by atoms with E-state index in [-0.39, 0.29) is 11.8 Å². The lowest BCUT2D eigenvalue weighted by Crippen LogP contribution is -2.46. The summed E-state index contributed by atoms with van der Waals surface area (Å²) in [6.45, 7) is 3.16. The number of likely N-dealkylation sites (tertiary alicyclic amines) is 2. The van der Waals surface area contributed by atoms with Crippen molar-refractivity contribution in [2.24, 2.45) is 5.92 Å². The summed E-state index contributed by atoms with van der Waals surface area (Å²) in [6, 6.07) is 7.48. The van der Waals surface area contributed by atoms with Crippen molar-refractivity contribution in [3.63, 3.8) is 0 Å². The van der Waals surface area contributed by atoms with Crippen molar-refractivity contribution in [3.05, 3.63) is 34.9 Å². The fraction of sp³-hybridized carbons (Fsp3) is 0.579. The number of carbonyl (C=O) groups is 2. The van der Waals surface area contributed by atoms with E-state index in [9.17, 15) is 9.59 Å². The molecule has 1 aromatic rings. The topological polar surface area (TPSA) is 40.6 Å². The predicted octanol–water partition coefficient (Wildman–Crippen LogP) is 3.13. The van der Waals surface area contributed by atoms with E-state index in [0.29, 0.717) is 30.4 Å². The van der Waals surface area contributed by atoms with E-state index < -0.39 is 0 Å². The van der Waals surface area contributed by atoms with E-state index in [1.54, 1.807) is 0 Å². The molecule has 2 heterocycles. The zero-order chi connectivity index (χ0) is 16.9. The molecule has 2 aliphatic heterocycles. The van der Waals surface area contributed by atoms with Crippen molar-refractivity contribution in [1.29, 1.82) is 0 Å². The number of hydrogen-bond acceptors (Lipinski definition) is 2. The van der Waals surface area contributed by atoms with Crippen LogP contribution in [0, 0.1) is 5.92 Å². The van der Waals surface area contributed by atoms with Crippen LogP contribution in [0.5, 0.6) is 0 Å². The minimum Gasteiger partial charge on any atom is -0.342 e. The van der Waals surface area contributed by atoms with Gasteiger partial charge in [0.1, 0.15) is 0 Å². The average Bonchev–Trinajstić information content (AvgIpc) is 2.64. The highest BCUT2D eigenvalue weighted by molar-refractivity contribution is 6.31. The third-order valence-corrected chi connectivity index (χ3v) is 5.53. The predicted molar refractivity (Wildman–Crippen MR) is 94.9 cm³/mol. The molecule has 0 N–H and O–H groups in total. The molecule has 3 rings (SSSR count). The van der Waals surface area contributed by atoms with Gasteiger partial charge >= 0.3 is 0 Å². The zero-order valence-electron chi connectivity index (χ0n) is 14.0. The van der Waals surface area contributed by atoms with Crippen LogP contribution in [-0.2, 0) is 16.0 Å². The lowest BCUT2D eigenvalue weighted by Gasteiger charge is -2.35. The van der Waals surface area contributed by atoms with E-state index in [1.165, 1.54) is 6.42 Å². The van der Waals surface area contributed by atoms with Gasteiger partial charge in [-0.25, -0.2) is 0 Å². The SMILES string of the molecule is O=C(Cc1ccccc1Cl)N1CCC(C(=O)N2CCCCC2)CC1. The Bertz CT molecular complexity index is 591. The highest BCUT2D eigenvalue weighted by atomic mass is 35.5. The molecule has 2 saturated heterocycles. The van der Waals surface area contributed by atoms with Gasteiger partial charge in [-0.05, 0) is 43.7 Å². The van der Waals surface area contributed by atoms with Gasteiger partial charge in [0.15, 0.2) is 0 Å². The fourth-order valence-corrected chi connectivity index (χ4v) is 3.87. The van der Waals surface area contributed by atoms with Crippen LogP contribution >= 0.6 is 11.6 Å². The van der Waals surface area contributed by atoms with E-state index in [1.807, 2.05) is 34.1 Å². The van der Waals surface area contributed by atoms with Gasteiger partial charge in [-0.3, -0.25) is 9.59 Å². The number of benzene rings is 1. The van der Waals surface area contributed by atoms with Crippen LogP contribution in [0.1, 0.15) is 37.7 Å². The third kappa shape index (κ3) is 4.10. The summed E-state index contributed by atoms with van der Waals surface area (Å²) in [6.07, 6.45) is 5.39. The number of hydrogen-bond donors (Lipinski definition) is 0. The monoisotopic (exact) mass is 348 g/mol. The molecule has 1 aromatic carbocycles. The maximum atomic E-state index is 12.6. The summed E-state index contributed by atoms with van der Waals surface area (Å²) in [7, 11) is 0. The van der Waals surface area contributed by atoms with Gasteiger partial charge in [-0.15, -0.1) is 0 Å². The maximum absolute atomic E-state index is 12.6. The van der Waals surface area contributed by atoms with Crippen LogP contribution in [0.4, 0.5) is 0 Å². The molecule has 2 aliphatic rings. The summed E-state index contributed by atoms with van der Waals surface area (Å²) < 4.78 is 0. The number of amides is 2. The second kappa shape index (κ2) is 8.02. The molecule has 24 heavy (non-hydrogen) atoms. The number of rotatable bonds is 3. The molecule has 0 aliphatic carbocycles. The van der Waals surface area contributed by atoms with Crippen molar-refractivity contribution >= 4 is 23.4 Å². The van der Waals surface area contributed by atoms with Gasteiger partial charge in [0, 0.05) is 37.1 Å². The molecule has 0 bridgehead atoms. The lowest BCUT2D eigenvalue weighted by molar-refractivity contribution is -0.141. The van der Waals surface area contributed by atoms with Crippen molar-refractivity contribution in [3.8, 4) is 0 Å². The first-order valence-corrected chi connectivity index (χ1v) is 9.33. The molecular formula is C19H25ClN2O2. The fourth-order valence-electron chi connectivity index (χ4n) is 3.66. The normalized spacial score (nSPS) is 19.4. The standard InChI is InChI=1S/C19H25ClN2O2/c20-17-7-3-2-6-16(17)14-18(23)21-12-8-15(9-13-21)19(24)22-10-4-1-5-11-22/h2-3,6-7,15H,1,4-5,8-14H2. The van der Waals surface area contributed by atoms with E-state index in [0.717, 1.165) is 44.3 Å².